The molecule has 3 saturated carbocycles. The number of unbranched alkanes of at least 4 members (excludes halogenated alkanes) is 1. The van der Waals surface area contributed by atoms with Crippen LogP contribution in [0.4, 0.5) is 0 Å². The molecule has 4 fully saturated rings. The molecule has 5 aliphatic rings. The standard InChI is InChI=1S/C26H41N3O2/c1-18-6-8-19(9-7-18)26(23(28)31)21-11-10-20(24(21)13-14-24)25(26,22(27)30)12-2-3-15-29-16-4-5-17-29/h10-11,18-21H,2-9,12-17H2,1H3,(H2,27,30)(H2,28,31)/t18?,19?,20-,21+,25+,26+/m1/s1. The van der Waals surface area contributed by atoms with E-state index < -0.39 is 10.8 Å². The van der Waals surface area contributed by atoms with Gasteiger partial charge in [-0.15, -0.1) is 0 Å². The molecule has 31 heavy (non-hydrogen) atoms. The number of nitrogens with two attached hydrogens (primary N) is 2. The monoisotopic (exact) mass is 427 g/mol. The zero-order valence-electron chi connectivity index (χ0n) is 19.3. The van der Waals surface area contributed by atoms with Crippen molar-refractivity contribution in [1.82, 2.24) is 4.90 Å². The molecule has 5 heteroatoms. The second kappa shape index (κ2) is 7.60. The Morgan fingerprint density at radius 2 is 1.58 bits per heavy atom. The molecule has 1 saturated heterocycles. The van der Waals surface area contributed by atoms with Crippen LogP contribution >= 0.6 is 0 Å². The van der Waals surface area contributed by atoms with Crippen LogP contribution in [0, 0.1) is 39.9 Å². The highest BCUT2D eigenvalue weighted by molar-refractivity contribution is 5.95. The maximum absolute atomic E-state index is 13.5. The number of hydrogen-bond acceptors (Lipinski definition) is 3. The highest BCUT2D eigenvalue weighted by Crippen LogP contribution is 2.82. The molecule has 1 spiro atoms. The first-order valence-electron chi connectivity index (χ1n) is 12.9. The molecule has 1 aliphatic heterocycles. The van der Waals surface area contributed by atoms with Gasteiger partial charge in [-0.25, -0.2) is 0 Å². The Balaban J connectivity index is 1.49. The lowest BCUT2D eigenvalue weighted by molar-refractivity contribution is -0.160. The number of amides is 2. The molecule has 0 radical (unpaired) electrons. The van der Waals surface area contributed by atoms with Crippen LogP contribution in [0.3, 0.4) is 0 Å². The first-order chi connectivity index (χ1) is 14.9. The van der Waals surface area contributed by atoms with E-state index in [9.17, 15) is 9.59 Å². The number of allylic oxidation sites excluding steroid dienone is 2. The van der Waals surface area contributed by atoms with Crippen molar-refractivity contribution in [2.45, 2.75) is 77.6 Å². The summed E-state index contributed by atoms with van der Waals surface area (Å²) in [5.41, 5.74) is 11.2. The number of carbonyl (C=O) groups is 2. The normalized spacial score (nSPS) is 43.0. The van der Waals surface area contributed by atoms with E-state index in [2.05, 4.69) is 24.0 Å². The minimum atomic E-state index is -0.801. The van der Waals surface area contributed by atoms with Crippen molar-refractivity contribution in [3.8, 4) is 0 Å². The first kappa shape index (κ1) is 21.5. The van der Waals surface area contributed by atoms with Crippen LogP contribution < -0.4 is 11.5 Å². The van der Waals surface area contributed by atoms with E-state index in [4.69, 9.17) is 11.5 Å². The maximum Gasteiger partial charge on any atom is 0.225 e. The summed E-state index contributed by atoms with van der Waals surface area (Å²) in [5.74, 6) is 0.578. The van der Waals surface area contributed by atoms with Gasteiger partial charge in [0.15, 0.2) is 0 Å². The zero-order chi connectivity index (χ0) is 21.9. The molecule has 2 bridgehead atoms. The lowest BCUT2D eigenvalue weighted by atomic mass is 9.48. The second-order valence-electron chi connectivity index (χ2n) is 11.6. The summed E-state index contributed by atoms with van der Waals surface area (Å²) in [7, 11) is 0. The van der Waals surface area contributed by atoms with Crippen LogP contribution in [-0.2, 0) is 9.59 Å². The van der Waals surface area contributed by atoms with Crippen molar-refractivity contribution in [1.29, 1.82) is 0 Å². The Morgan fingerprint density at radius 3 is 2.16 bits per heavy atom. The molecule has 1 heterocycles. The molecule has 5 rings (SSSR count). The van der Waals surface area contributed by atoms with Crippen molar-refractivity contribution in [2.75, 3.05) is 19.6 Å². The summed E-state index contributed by atoms with van der Waals surface area (Å²) in [5, 5.41) is 0. The molecule has 0 unspecified atom stereocenters. The van der Waals surface area contributed by atoms with E-state index in [0.29, 0.717) is 5.92 Å². The van der Waals surface area contributed by atoms with Crippen molar-refractivity contribution in [2.24, 2.45) is 51.4 Å². The number of primary amides is 2. The fourth-order valence-electron chi connectivity index (χ4n) is 8.86. The van der Waals surface area contributed by atoms with Gasteiger partial charge in [0.2, 0.25) is 11.8 Å². The molecule has 172 valence electrons. The van der Waals surface area contributed by atoms with E-state index in [0.717, 1.165) is 64.3 Å². The summed E-state index contributed by atoms with van der Waals surface area (Å²) >= 11 is 0. The van der Waals surface area contributed by atoms with Crippen molar-refractivity contribution >= 4 is 11.8 Å². The fraction of sp³-hybridized carbons (Fsp3) is 0.846. The van der Waals surface area contributed by atoms with E-state index >= 15 is 0 Å². The van der Waals surface area contributed by atoms with Crippen LogP contribution in [0.15, 0.2) is 12.2 Å². The predicted molar refractivity (Wildman–Crippen MR) is 122 cm³/mol. The molecular weight excluding hydrogens is 386 g/mol. The molecular formula is C26H41N3O2. The van der Waals surface area contributed by atoms with Gasteiger partial charge in [-0.05, 0) is 100 Å². The SMILES string of the molecule is CC1CCC([C@@]2(C(N)=O)[C@H]3C=C[C@H](C34CC4)[C@@]2(CCCCN2CCCC2)C(N)=O)CC1. The number of hydrogen-bond donors (Lipinski definition) is 2. The maximum atomic E-state index is 13.5. The molecule has 4 N–H and O–H groups in total. The Morgan fingerprint density at radius 1 is 0.935 bits per heavy atom. The third-order valence-electron chi connectivity index (χ3n) is 10.3. The van der Waals surface area contributed by atoms with Gasteiger partial charge >= 0.3 is 0 Å². The van der Waals surface area contributed by atoms with E-state index in [-0.39, 0.29) is 35.0 Å². The summed E-state index contributed by atoms with van der Waals surface area (Å²) in [6, 6.07) is 0. The largest absolute Gasteiger partial charge is 0.369 e. The van der Waals surface area contributed by atoms with Gasteiger partial charge in [0.25, 0.3) is 0 Å². The van der Waals surface area contributed by atoms with Gasteiger partial charge in [0.1, 0.15) is 0 Å². The van der Waals surface area contributed by atoms with Gasteiger partial charge in [-0.2, -0.15) is 0 Å². The zero-order valence-corrected chi connectivity index (χ0v) is 19.3. The Kier molecular flexibility index (Phi) is 5.27. The van der Waals surface area contributed by atoms with Crippen molar-refractivity contribution in [3.05, 3.63) is 12.2 Å². The average Bonchev–Trinajstić information content (AvgIpc) is 3.11. The van der Waals surface area contributed by atoms with Crippen LogP contribution in [0.25, 0.3) is 0 Å². The van der Waals surface area contributed by atoms with Gasteiger partial charge in [0, 0.05) is 0 Å². The van der Waals surface area contributed by atoms with E-state index in [1.54, 1.807) is 0 Å². The Hall–Kier alpha value is -1.36. The van der Waals surface area contributed by atoms with Crippen LogP contribution in [0.2, 0.25) is 0 Å². The smallest absolute Gasteiger partial charge is 0.225 e. The summed E-state index contributed by atoms with van der Waals surface area (Å²) < 4.78 is 0. The third-order valence-corrected chi connectivity index (χ3v) is 10.3. The molecule has 4 atom stereocenters. The fourth-order valence-corrected chi connectivity index (χ4v) is 8.86. The first-order valence-corrected chi connectivity index (χ1v) is 12.9. The summed E-state index contributed by atoms with van der Waals surface area (Å²) in [4.78, 5) is 29.6. The van der Waals surface area contributed by atoms with Crippen LogP contribution in [-0.4, -0.2) is 36.3 Å². The number of nitrogens with zero attached hydrogens (tertiary/aromatic N) is 1. The third kappa shape index (κ3) is 2.84. The lowest BCUT2D eigenvalue weighted by Gasteiger charge is -2.53. The molecule has 0 aromatic heterocycles. The molecule has 4 aliphatic carbocycles. The highest BCUT2D eigenvalue weighted by Gasteiger charge is 2.83. The van der Waals surface area contributed by atoms with E-state index in [1.165, 1.54) is 25.9 Å². The summed E-state index contributed by atoms with van der Waals surface area (Å²) in [6.45, 7) is 5.79. The predicted octanol–water partition coefficient (Wildman–Crippen LogP) is 3.62. The summed E-state index contributed by atoms with van der Waals surface area (Å²) in [6.07, 6.45) is 16.3. The number of likely N-dealkylation sites (tertiary alicyclic amines) is 1. The van der Waals surface area contributed by atoms with Crippen molar-refractivity contribution < 1.29 is 9.59 Å². The van der Waals surface area contributed by atoms with Crippen LogP contribution in [0.5, 0.6) is 0 Å². The second-order valence-corrected chi connectivity index (χ2v) is 11.6. The Labute approximate surface area is 187 Å². The molecule has 0 aromatic carbocycles. The molecule has 5 nitrogen and oxygen atoms in total. The van der Waals surface area contributed by atoms with Crippen molar-refractivity contribution in [3.63, 3.8) is 0 Å². The molecule has 0 aromatic rings. The van der Waals surface area contributed by atoms with Gasteiger partial charge < -0.3 is 16.4 Å². The van der Waals surface area contributed by atoms with Crippen LogP contribution in [0.1, 0.15) is 77.6 Å². The number of carbonyl (C=O) groups excluding carboxylic acids is 2. The van der Waals surface area contributed by atoms with Gasteiger partial charge in [-0.1, -0.05) is 38.3 Å². The number of rotatable bonds is 8. The van der Waals surface area contributed by atoms with Gasteiger partial charge in [-0.3, -0.25) is 9.59 Å². The highest BCUT2D eigenvalue weighted by atomic mass is 16.2. The minimum absolute atomic E-state index is 0.0715. The topological polar surface area (TPSA) is 89.4 Å². The Bertz CT molecular complexity index is 761. The van der Waals surface area contributed by atoms with E-state index in [1.807, 2.05) is 0 Å². The quantitative estimate of drug-likeness (QED) is 0.458. The molecule has 2 amide bonds. The average molecular weight is 428 g/mol. The lowest BCUT2D eigenvalue weighted by Crippen LogP contribution is -2.63. The van der Waals surface area contributed by atoms with Gasteiger partial charge in [0.05, 0.1) is 10.8 Å². The minimum Gasteiger partial charge on any atom is -0.369 e.